The van der Waals surface area contributed by atoms with Crippen LogP contribution in [0.3, 0.4) is 0 Å². The van der Waals surface area contributed by atoms with Crippen LogP contribution >= 0.6 is 12.6 Å². The lowest BCUT2D eigenvalue weighted by Gasteiger charge is -2.08. The lowest BCUT2D eigenvalue weighted by atomic mass is 10.0. The van der Waals surface area contributed by atoms with Crippen LogP contribution in [0, 0.1) is 11.3 Å². The number of hydrogen-bond acceptors (Lipinski definition) is 4. The number of carbonyl (C=O) groups is 1. The number of alkyl halides is 2. The molecule has 0 amide bonds. The number of halogens is 2. The van der Waals surface area contributed by atoms with Crippen molar-refractivity contribution in [2.45, 2.75) is 11.3 Å². The van der Waals surface area contributed by atoms with Gasteiger partial charge in [-0.05, 0) is 6.07 Å². The number of ether oxygens (including phenoxy) is 1. The average molecular weight is 243 g/mol. The topological polar surface area (TPSA) is 50.1 Å². The molecule has 0 fully saturated rings. The van der Waals surface area contributed by atoms with E-state index in [-0.39, 0.29) is 21.6 Å². The quantitative estimate of drug-likeness (QED) is 0.641. The van der Waals surface area contributed by atoms with Gasteiger partial charge < -0.3 is 4.74 Å². The number of nitriles is 1. The molecule has 0 N–H and O–H groups in total. The largest absolute Gasteiger partial charge is 0.465 e. The molecule has 1 rings (SSSR count). The Kier molecular flexibility index (Phi) is 3.85. The minimum absolute atomic E-state index is 0.0700. The molecule has 3 nitrogen and oxygen atoms in total. The Morgan fingerprint density at radius 1 is 1.56 bits per heavy atom. The summed E-state index contributed by atoms with van der Waals surface area (Å²) in [6, 6.07) is 3.85. The fraction of sp³-hybridized carbons (Fsp3) is 0.200. The molecule has 6 heteroatoms. The van der Waals surface area contributed by atoms with Gasteiger partial charge in [-0.2, -0.15) is 5.26 Å². The third kappa shape index (κ3) is 2.14. The highest BCUT2D eigenvalue weighted by Crippen LogP contribution is 2.30. The maximum atomic E-state index is 12.5. The van der Waals surface area contributed by atoms with Crippen molar-refractivity contribution in [3.8, 4) is 6.07 Å². The second-order valence-corrected chi connectivity index (χ2v) is 3.28. The van der Waals surface area contributed by atoms with E-state index in [4.69, 9.17) is 5.26 Å². The predicted molar refractivity (Wildman–Crippen MR) is 54.7 cm³/mol. The van der Waals surface area contributed by atoms with Crippen LogP contribution in [0.1, 0.15) is 27.9 Å². The smallest absolute Gasteiger partial charge is 0.339 e. The van der Waals surface area contributed by atoms with Gasteiger partial charge in [0.1, 0.15) is 6.07 Å². The Hall–Kier alpha value is -1.61. The van der Waals surface area contributed by atoms with E-state index in [1.54, 1.807) is 6.07 Å². The molecule has 0 unspecified atom stereocenters. The van der Waals surface area contributed by atoms with Crippen LogP contribution in [0.2, 0.25) is 0 Å². The summed E-state index contributed by atoms with van der Waals surface area (Å²) in [6.45, 7) is 0. The highest BCUT2D eigenvalue weighted by molar-refractivity contribution is 7.80. The number of rotatable bonds is 2. The van der Waals surface area contributed by atoms with E-state index in [1.807, 2.05) is 0 Å². The van der Waals surface area contributed by atoms with Crippen molar-refractivity contribution in [2.75, 3.05) is 7.11 Å². The van der Waals surface area contributed by atoms with Crippen molar-refractivity contribution in [3.63, 3.8) is 0 Å². The van der Waals surface area contributed by atoms with E-state index < -0.39 is 12.4 Å². The molecule has 0 aliphatic heterocycles. The molecular weight excluding hydrogens is 236 g/mol. The molecule has 0 atom stereocenters. The highest BCUT2D eigenvalue weighted by Gasteiger charge is 2.20. The standard InChI is InChI=1S/C10H7F2NO2S/c1-15-10(14)5-2-3-6(9(11)12)8(16)7(5)4-13/h2-3,9,16H,1H3. The number of thiol groups is 1. The SMILES string of the molecule is COC(=O)c1ccc(C(F)F)c(S)c1C#N. The minimum atomic E-state index is -2.74. The first-order chi connectivity index (χ1) is 7.52. The maximum Gasteiger partial charge on any atom is 0.339 e. The zero-order valence-corrected chi connectivity index (χ0v) is 9.09. The molecule has 1 aromatic rings. The van der Waals surface area contributed by atoms with Gasteiger partial charge >= 0.3 is 5.97 Å². The van der Waals surface area contributed by atoms with Gasteiger partial charge in [0.15, 0.2) is 0 Å². The van der Waals surface area contributed by atoms with Crippen LogP contribution in [-0.2, 0) is 4.74 Å². The average Bonchev–Trinajstić information content (AvgIpc) is 2.26. The number of nitrogens with zero attached hydrogens (tertiary/aromatic N) is 1. The Bertz CT molecular complexity index is 469. The molecule has 0 radical (unpaired) electrons. The number of hydrogen-bond donors (Lipinski definition) is 1. The first-order valence-electron chi connectivity index (χ1n) is 4.15. The molecule has 0 spiro atoms. The second kappa shape index (κ2) is 4.94. The van der Waals surface area contributed by atoms with Crippen LogP contribution in [-0.4, -0.2) is 13.1 Å². The molecule has 84 valence electrons. The third-order valence-corrected chi connectivity index (χ3v) is 2.44. The molecule has 0 heterocycles. The molecule has 0 aliphatic rings. The van der Waals surface area contributed by atoms with Gasteiger partial charge in [-0.3, -0.25) is 0 Å². The van der Waals surface area contributed by atoms with Crippen LogP contribution < -0.4 is 0 Å². The summed E-state index contributed by atoms with van der Waals surface area (Å²) in [5, 5.41) is 8.80. The van der Waals surface area contributed by atoms with Crippen molar-refractivity contribution in [1.29, 1.82) is 5.26 Å². The summed E-state index contributed by atoms with van der Waals surface area (Å²) in [7, 11) is 1.14. The molecule has 0 aliphatic carbocycles. The molecule has 1 aromatic carbocycles. The monoisotopic (exact) mass is 243 g/mol. The van der Waals surface area contributed by atoms with Crippen molar-refractivity contribution in [3.05, 3.63) is 28.8 Å². The Morgan fingerprint density at radius 2 is 2.19 bits per heavy atom. The van der Waals surface area contributed by atoms with E-state index in [0.29, 0.717) is 0 Å². The third-order valence-electron chi connectivity index (χ3n) is 1.96. The van der Waals surface area contributed by atoms with Gasteiger partial charge in [0.2, 0.25) is 0 Å². The summed E-state index contributed by atoms with van der Waals surface area (Å²) in [4.78, 5) is 11.0. The summed E-state index contributed by atoms with van der Waals surface area (Å²) in [5.41, 5.74) is -0.653. The summed E-state index contributed by atoms with van der Waals surface area (Å²) in [5.74, 6) is -0.757. The Morgan fingerprint density at radius 3 is 2.62 bits per heavy atom. The van der Waals surface area contributed by atoms with E-state index >= 15 is 0 Å². The molecular formula is C10H7F2NO2S. The molecule has 0 bridgehead atoms. The van der Waals surface area contributed by atoms with Crippen molar-refractivity contribution in [2.24, 2.45) is 0 Å². The normalized spacial score (nSPS) is 10.0. The van der Waals surface area contributed by atoms with Crippen molar-refractivity contribution >= 4 is 18.6 Å². The van der Waals surface area contributed by atoms with Crippen LogP contribution in [0.15, 0.2) is 17.0 Å². The minimum Gasteiger partial charge on any atom is -0.465 e. The van der Waals surface area contributed by atoms with E-state index in [0.717, 1.165) is 19.2 Å². The number of benzene rings is 1. The Labute approximate surface area is 96.0 Å². The zero-order valence-electron chi connectivity index (χ0n) is 8.20. The number of carbonyl (C=O) groups excluding carboxylic acids is 1. The number of methoxy groups -OCH3 is 1. The first-order valence-corrected chi connectivity index (χ1v) is 4.60. The van der Waals surface area contributed by atoms with Gasteiger partial charge in [-0.25, -0.2) is 13.6 Å². The first kappa shape index (κ1) is 12.5. The lowest BCUT2D eigenvalue weighted by molar-refractivity contribution is 0.0599. The van der Waals surface area contributed by atoms with Gasteiger partial charge in [-0.15, -0.1) is 12.6 Å². The molecule has 0 saturated carbocycles. The molecule has 0 saturated heterocycles. The van der Waals surface area contributed by atoms with Crippen molar-refractivity contribution in [1.82, 2.24) is 0 Å². The van der Waals surface area contributed by atoms with E-state index in [9.17, 15) is 13.6 Å². The fourth-order valence-electron chi connectivity index (χ4n) is 1.18. The van der Waals surface area contributed by atoms with E-state index in [1.165, 1.54) is 0 Å². The lowest BCUT2D eigenvalue weighted by Crippen LogP contribution is -2.06. The van der Waals surface area contributed by atoms with Gasteiger partial charge in [0.05, 0.1) is 18.2 Å². The van der Waals surface area contributed by atoms with Gasteiger partial charge in [0, 0.05) is 10.5 Å². The van der Waals surface area contributed by atoms with E-state index in [2.05, 4.69) is 17.4 Å². The highest BCUT2D eigenvalue weighted by atomic mass is 32.1. The summed E-state index contributed by atoms with van der Waals surface area (Å²) >= 11 is 3.82. The van der Waals surface area contributed by atoms with Crippen molar-refractivity contribution < 1.29 is 18.3 Å². The maximum absolute atomic E-state index is 12.5. The second-order valence-electron chi connectivity index (χ2n) is 2.83. The van der Waals surface area contributed by atoms with Crippen LogP contribution in [0.5, 0.6) is 0 Å². The predicted octanol–water partition coefficient (Wildman–Crippen LogP) is 2.57. The van der Waals surface area contributed by atoms with Crippen LogP contribution in [0.4, 0.5) is 8.78 Å². The molecule has 0 aromatic heterocycles. The number of esters is 1. The molecule has 16 heavy (non-hydrogen) atoms. The summed E-state index contributed by atoms with van der Waals surface area (Å²) < 4.78 is 29.4. The fourth-order valence-corrected chi connectivity index (χ4v) is 1.52. The van der Waals surface area contributed by atoms with Gasteiger partial charge in [0.25, 0.3) is 6.43 Å². The van der Waals surface area contributed by atoms with Gasteiger partial charge in [-0.1, -0.05) is 6.07 Å². The zero-order chi connectivity index (χ0) is 12.3. The Balaban J connectivity index is 3.42. The van der Waals surface area contributed by atoms with Crippen LogP contribution in [0.25, 0.3) is 0 Å². The summed E-state index contributed by atoms with van der Waals surface area (Å²) in [6.07, 6.45) is -2.74.